The Morgan fingerprint density at radius 3 is 2.89 bits per heavy atom. The van der Waals surface area contributed by atoms with Gasteiger partial charge in [0.15, 0.2) is 0 Å². The highest BCUT2D eigenvalue weighted by atomic mass is 32.2. The summed E-state index contributed by atoms with van der Waals surface area (Å²) in [5.41, 5.74) is 0. The maximum absolute atomic E-state index is 12.5. The second-order valence-corrected chi connectivity index (χ2v) is 6.23. The summed E-state index contributed by atoms with van der Waals surface area (Å²) in [5, 5.41) is 0. The molecule has 19 heavy (non-hydrogen) atoms. The Morgan fingerprint density at radius 2 is 2.26 bits per heavy atom. The Morgan fingerprint density at radius 1 is 1.47 bits per heavy atom. The standard InChI is InChI=1S/C12H16N2O4S/c1-18-12(15)11-6-2-3-8-14(11)19(16,17)10-5-4-7-13-9-10/h4-5,7,9,11H,2-3,6,8H2,1H3. The summed E-state index contributed by atoms with van der Waals surface area (Å²) in [4.78, 5) is 15.6. The smallest absolute Gasteiger partial charge is 0.324 e. The fraction of sp³-hybridized carbons (Fsp3) is 0.500. The van der Waals surface area contributed by atoms with Gasteiger partial charge in [-0.2, -0.15) is 4.31 Å². The lowest BCUT2D eigenvalue weighted by atomic mass is 10.1. The summed E-state index contributed by atoms with van der Waals surface area (Å²) >= 11 is 0. The number of piperidine rings is 1. The molecule has 1 unspecified atom stereocenters. The van der Waals surface area contributed by atoms with Gasteiger partial charge < -0.3 is 4.74 Å². The van der Waals surface area contributed by atoms with Gasteiger partial charge in [0.1, 0.15) is 10.9 Å². The van der Waals surface area contributed by atoms with Crippen LogP contribution in [0.15, 0.2) is 29.4 Å². The molecular formula is C12H16N2O4S. The molecule has 1 atom stereocenters. The third-order valence-corrected chi connectivity index (χ3v) is 5.06. The zero-order chi connectivity index (χ0) is 13.9. The van der Waals surface area contributed by atoms with Gasteiger partial charge in [-0.15, -0.1) is 0 Å². The van der Waals surface area contributed by atoms with Crippen LogP contribution in [0.3, 0.4) is 0 Å². The number of nitrogens with zero attached hydrogens (tertiary/aromatic N) is 2. The van der Waals surface area contributed by atoms with Gasteiger partial charge >= 0.3 is 5.97 Å². The van der Waals surface area contributed by atoms with Crippen molar-refractivity contribution in [3.05, 3.63) is 24.5 Å². The number of rotatable bonds is 3. The number of hydrogen-bond acceptors (Lipinski definition) is 5. The summed E-state index contributed by atoms with van der Waals surface area (Å²) < 4.78 is 30.9. The summed E-state index contributed by atoms with van der Waals surface area (Å²) in [6.45, 7) is 0.330. The van der Waals surface area contributed by atoms with E-state index in [1.54, 1.807) is 6.07 Å². The SMILES string of the molecule is COC(=O)C1CCCCN1S(=O)(=O)c1cccnc1. The highest BCUT2D eigenvalue weighted by molar-refractivity contribution is 7.89. The maximum Gasteiger partial charge on any atom is 0.324 e. The minimum Gasteiger partial charge on any atom is -0.468 e. The highest BCUT2D eigenvalue weighted by Crippen LogP contribution is 2.25. The van der Waals surface area contributed by atoms with E-state index in [0.717, 1.165) is 12.8 Å². The van der Waals surface area contributed by atoms with Gasteiger partial charge in [-0.25, -0.2) is 8.42 Å². The monoisotopic (exact) mass is 284 g/mol. The van der Waals surface area contributed by atoms with Crippen LogP contribution in [0, 0.1) is 0 Å². The minimum absolute atomic E-state index is 0.103. The number of pyridine rings is 1. The van der Waals surface area contributed by atoms with Crippen molar-refractivity contribution in [2.75, 3.05) is 13.7 Å². The normalized spacial score (nSPS) is 21.0. The van der Waals surface area contributed by atoms with Crippen LogP contribution in [0.4, 0.5) is 0 Å². The summed E-state index contributed by atoms with van der Waals surface area (Å²) in [6, 6.07) is 2.30. The van der Waals surface area contributed by atoms with Crippen molar-refractivity contribution in [2.45, 2.75) is 30.2 Å². The molecule has 0 spiro atoms. The van der Waals surface area contributed by atoms with Crippen molar-refractivity contribution < 1.29 is 17.9 Å². The lowest BCUT2D eigenvalue weighted by Crippen LogP contribution is -2.48. The van der Waals surface area contributed by atoms with Gasteiger partial charge in [-0.1, -0.05) is 0 Å². The van der Waals surface area contributed by atoms with Crippen molar-refractivity contribution in [3.8, 4) is 0 Å². The third-order valence-electron chi connectivity index (χ3n) is 3.17. The molecule has 2 rings (SSSR count). The van der Waals surface area contributed by atoms with E-state index in [4.69, 9.17) is 4.74 Å². The molecule has 2 heterocycles. The first-order valence-electron chi connectivity index (χ1n) is 6.07. The molecule has 0 amide bonds. The maximum atomic E-state index is 12.5. The molecule has 1 aromatic rings. The average molecular weight is 284 g/mol. The number of methoxy groups -OCH3 is 1. The molecule has 0 bridgehead atoms. The Bertz CT molecular complexity index is 544. The third kappa shape index (κ3) is 2.76. The van der Waals surface area contributed by atoms with Gasteiger partial charge in [0.05, 0.1) is 7.11 Å². The van der Waals surface area contributed by atoms with Gasteiger partial charge in [0.25, 0.3) is 0 Å². The fourth-order valence-corrected chi connectivity index (χ4v) is 3.81. The van der Waals surface area contributed by atoms with Gasteiger partial charge in [0, 0.05) is 18.9 Å². The van der Waals surface area contributed by atoms with Crippen LogP contribution in [-0.4, -0.2) is 43.4 Å². The van der Waals surface area contributed by atoms with E-state index in [9.17, 15) is 13.2 Å². The average Bonchev–Trinajstić information content (AvgIpc) is 2.47. The van der Waals surface area contributed by atoms with Crippen LogP contribution in [0.25, 0.3) is 0 Å². The summed E-state index contributed by atoms with van der Waals surface area (Å²) in [5.74, 6) is -0.507. The van der Waals surface area contributed by atoms with E-state index in [2.05, 4.69) is 4.98 Å². The molecule has 1 aromatic heterocycles. The molecule has 0 radical (unpaired) electrons. The predicted octanol–water partition coefficient (Wildman–Crippen LogP) is 0.798. The summed E-state index contributed by atoms with van der Waals surface area (Å²) in [6.07, 6.45) is 4.85. The van der Waals surface area contributed by atoms with Gasteiger partial charge in [-0.3, -0.25) is 9.78 Å². The first-order valence-corrected chi connectivity index (χ1v) is 7.51. The van der Waals surface area contributed by atoms with E-state index in [1.165, 1.54) is 29.9 Å². The van der Waals surface area contributed by atoms with Crippen molar-refractivity contribution in [3.63, 3.8) is 0 Å². The fourth-order valence-electron chi connectivity index (χ4n) is 2.20. The predicted molar refractivity (Wildman–Crippen MR) is 67.8 cm³/mol. The number of ether oxygens (including phenoxy) is 1. The van der Waals surface area contributed by atoms with Crippen molar-refractivity contribution in [1.82, 2.24) is 9.29 Å². The second-order valence-electron chi connectivity index (χ2n) is 4.34. The highest BCUT2D eigenvalue weighted by Gasteiger charge is 2.38. The molecule has 7 heteroatoms. The first-order chi connectivity index (χ1) is 9.07. The number of hydrogen-bond donors (Lipinski definition) is 0. The molecule has 104 valence electrons. The zero-order valence-electron chi connectivity index (χ0n) is 10.7. The Kier molecular flexibility index (Phi) is 4.16. The van der Waals surface area contributed by atoms with Crippen LogP contribution >= 0.6 is 0 Å². The molecule has 1 aliphatic rings. The first kappa shape index (κ1) is 14.0. The van der Waals surface area contributed by atoms with E-state index in [0.29, 0.717) is 13.0 Å². The molecule has 1 saturated heterocycles. The molecule has 0 N–H and O–H groups in total. The molecule has 1 fully saturated rings. The van der Waals surface area contributed by atoms with E-state index >= 15 is 0 Å². The lowest BCUT2D eigenvalue weighted by molar-refractivity contribution is -0.146. The largest absolute Gasteiger partial charge is 0.468 e. The number of carbonyl (C=O) groups is 1. The Labute approximate surface area is 112 Å². The topological polar surface area (TPSA) is 76.6 Å². The van der Waals surface area contributed by atoms with Gasteiger partial charge in [-0.05, 0) is 31.4 Å². The zero-order valence-corrected chi connectivity index (χ0v) is 11.5. The molecule has 6 nitrogen and oxygen atoms in total. The van der Waals surface area contributed by atoms with Crippen molar-refractivity contribution in [2.24, 2.45) is 0 Å². The minimum atomic E-state index is -3.70. The molecular weight excluding hydrogens is 268 g/mol. The second kappa shape index (κ2) is 5.66. The van der Waals surface area contributed by atoms with Crippen LogP contribution < -0.4 is 0 Å². The number of esters is 1. The quantitative estimate of drug-likeness (QED) is 0.767. The van der Waals surface area contributed by atoms with Gasteiger partial charge in [0.2, 0.25) is 10.0 Å². The van der Waals surface area contributed by atoms with Crippen molar-refractivity contribution in [1.29, 1.82) is 0 Å². The van der Waals surface area contributed by atoms with E-state index in [-0.39, 0.29) is 4.90 Å². The van der Waals surface area contributed by atoms with Crippen LogP contribution in [0.2, 0.25) is 0 Å². The van der Waals surface area contributed by atoms with E-state index in [1.807, 2.05) is 0 Å². The van der Waals surface area contributed by atoms with Crippen LogP contribution in [0.1, 0.15) is 19.3 Å². The van der Waals surface area contributed by atoms with Crippen LogP contribution in [-0.2, 0) is 19.6 Å². The van der Waals surface area contributed by atoms with Crippen LogP contribution in [0.5, 0.6) is 0 Å². The molecule has 0 saturated carbocycles. The molecule has 0 aliphatic carbocycles. The number of aromatic nitrogens is 1. The summed E-state index contributed by atoms with van der Waals surface area (Å²) in [7, 11) is -2.43. The number of sulfonamides is 1. The van der Waals surface area contributed by atoms with E-state index < -0.39 is 22.0 Å². The Hall–Kier alpha value is -1.47. The lowest BCUT2D eigenvalue weighted by Gasteiger charge is -2.32. The Balaban J connectivity index is 2.35. The van der Waals surface area contributed by atoms with Crippen molar-refractivity contribution >= 4 is 16.0 Å². The number of carbonyl (C=O) groups excluding carboxylic acids is 1. The molecule has 1 aliphatic heterocycles. The molecule has 0 aromatic carbocycles.